The van der Waals surface area contributed by atoms with E-state index in [1.807, 2.05) is 7.05 Å². The van der Waals surface area contributed by atoms with E-state index in [0.717, 1.165) is 18.8 Å². The van der Waals surface area contributed by atoms with Gasteiger partial charge in [0.05, 0.1) is 6.20 Å². The van der Waals surface area contributed by atoms with Crippen LogP contribution in [-0.4, -0.2) is 33.1 Å². The maximum atomic E-state index is 3.89. The van der Waals surface area contributed by atoms with Gasteiger partial charge in [-0.2, -0.15) is 0 Å². The minimum Gasteiger partial charge on any atom is -0.364 e. The van der Waals surface area contributed by atoms with Crippen LogP contribution in [0, 0.1) is 0 Å². The molecule has 0 radical (unpaired) electrons. The Kier molecular flexibility index (Phi) is 2.19. The fourth-order valence-electron chi connectivity index (χ4n) is 1.87. The summed E-state index contributed by atoms with van der Waals surface area (Å²) < 4.78 is 1.76. The van der Waals surface area contributed by atoms with E-state index in [-0.39, 0.29) is 5.54 Å². The van der Waals surface area contributed by atoms with Crippen LogP contribution in [0.1, 0.15) is 20.3 Å². The molecule has 0 spiro atoms. The molecule has 0 aromatic carbocycles. The summed E-state index contributed by atoms with van der Waals surface area (Å²) in [5.41, 5.74) is 0.143. The number of nitrogens with zero attached hydrogens (tertiary/aromatic N) is 3. The molecule has 2 heterocycles. The minimum atomic E-state index is 0.143. The molecule has 5 heteroatoms. The normalized spacial score (nSPS) is 25.2. The molecule has 0 aliphatic carbocycles. The zero-order valence-electron chi connectivity index (χ0n) is 8.91. The summed E-state index contributed by atoms with van der Waals surface area (Å²) in [6, 6.07) is 0.444. The highest BCUT2D eigenvalue weighted by molar-refractivity contribution is 5.34. The summed E-state index contributed by atoms with van der Waals surface area (Å²) >= 11 is 0. The van der Waals surface area contributed by atoms with Crippen molar-refractivity contribution in [2.45, 2.75) is 31.8 Å². The molecule has 1 unspecified atom stereocenters. The topological polar surface area (TPSA) is 54.8 Å². The molecule has 1 aliphatic rings. The van der Waals surface area contributed by atoms with Crippen molar-refractivity contribution < 1.29 is 0 Å². The Balaban J connectivity index is 2.08. The van der Waals surface area contributed by atoms with Crippen molar-refractivity contribution >= 4 is 5.82 Å². The fourth-order valence-corrected chi connectivity index (χ4v) is 1.87. The average molecular weight is 195 g/mol. The third-order valence-corrected chi connectivity index (χ3v) is 2.92. The predicted octanol–water partition coefficient (Wildman–Crippen LogP) is 0.367. The highest BCUT2D eigenvalue weighted by Crippen LogP contribution is 2.22. The van der Waals surface area contributed by atoms with Gasteiger partial charge in [-0.1, -0.05) is 5.21 Å². The number of rotatable bonds is 2. The minimum absolute atomic E-state index is 0.143. The lowest BCUT2D eigenvalue weighted by atomic mass is 9.97. The smallest absolute Gasteiger partial charge is 0.144 e. The van der Waals surface area contributed by atoms with Gasteiger partial charge in [-0.3, -0.25) is 0 Å². The van der Waals surface area contributed by atoms with E-state index in [0.29, 0.717) is 6.04 Å². The zero-order valence-corrected chi connectivity index (χ0v) is 8.91. The first-order valence-electron chi connectivity index (χ1n) is 4.96. The lowest BCUT2D eigenvalue weighted by molar-refractivity contribution is 0.425. The number of hydrogen-bond acceptors (Lipinski definition) is 4. The molecule has 2 N–H and O–H groups in total. The highest BCUT2D eigenvalue weighted by Gasteiger charge is 2.34. The SMILES string of the molecule is Cn1nncc1NC1CCNC1(C)C. The van der Waals surface area contributed by atoms with Gasteiger partial charge in [0.2, 0.25) is 0 Å². The Morgan fingerprint density at radius 2 is 2.43 bits per heavy atom. The van der Waals surface area contributed by atoms with Crippen LogP contribution in [0.4, 0.5) is 5.82 Å². The van der Waals surface area contributed by atoms with Gasteiger partial charge in [0.25, 0.3) is 0 Å². The fraction of sp³-hybridized carbons (Fsp3) is 0.778. The third kappa shape index (κ3) is 1.59. The van der Waals surface area contributed by atoms with Crippen LogP contribution in [0.25, 0.3) is 0 Å². The van der Waals surface area contributed by atoms with Crippen molar-refractivity contribution in [3.8, 4) is 0 Å². The molecule has 5 nitrogen and oxygen atoms in total. The molecule has 1 saturated heterocycles. The van der Waals surface area contributed by atoms with Crippen molar-refractivity contribution in [3.63, 3.8) is 0 Å². The summed E-state index contributed by atoms with van der Waals surface area (Å²) in [7, 11) is 1.89. The quantitative estimate of drug-likeness (QED) is 0.716. The van der Waals surface area contributed by atoms with Gasteiger partial charge in [0.15, 0.2) is 0 Å². The lowest BCUT2D eigenvalue weighted by Gasteiger charge is -2.28. The van der Waals surface area contributed by atoms with Gasteiger partial charge in [0, 0.05) is 18.6 Å². The second-order valence-electron chi connectivity index (χ2n) is 4.38. The summed E-state index contributed by atoms with van der Waals surface area (Å²) in [6.45, 7) is 5.48. The largest absolute Gasteiger partial charge is 0.364 e. The molecule has 1 aromatic rings. The van der Waals surface area contributed by atoms with Gasteiger partial charge in [0.1, 0.15) is 5.82 Å². The predicted molar refractivity (Wildman–Crippen MR) is 55.1 cm³/mol. The molecule has 1 atom stereocenters. The van der Waals surface area contributed by atoms with Gasteiger partial charge >= 0.3 is 0 Å². The average Bonchev–Trinajstić information content (AvgIpc) is 2.62. The molecule has 14 heavy (non-hydrogen) atoms. The van der Waals surface area contributed by atoms with E-state index in [4.69, 9.17) is 0 Å². The summed E-state index contributed by atoms with van der Waals surface area (Å²) in [5, 5.41) is 14.7. The Hall–Kier alpha value is -1.10. The molecule has 0 bridgehead atoms. The first-order valence-corrected chi connectivity index (χ1v) is 4.96. The van der Waals surface area contributed by atoms with Crippen LogP contribution in [-0.2, 0) is 7.05 Å². The van der Waals surface area contributed by atoms with E-state index >= 15 is 0 Å². The Morgan fingerprint density at radius 1 is 1.64 bits per heavy atom. The number of aromatic nitrogens is 3. The summed E-state index contributed by atoms with van der Waals surface area (Å²) in [4.78, 5) is 0. The molecule has 1 aromatic heterocycles. The Bertz CT molecular complexity index is 317. The van der Waals surface area contributed by atoms with E-state index in [9.17, 15) is 0 Å². The van der Waals surface area contributed by atoms with Gasteiger partial charge < -0.3 is 10.6 Å². The van der Waals surface area contributed by atoms with Crippen molar-refractivity contribution in [3.05, 3.63) is 6.20 Å². The molecule has 2 rings (SSSR count). The molecule has 0 amide bonds. The lowest BCUT2D eigenvalue weighted by Crippen LogP contribution is -2.45. The van der Waals surface area contributed by atoms with Crippen LogP contribution in [0.5, 0.6) is 0 Å². The van der Waals surface area contributed by atoms with Crippen molar-refractivity contribution in [2.75, 3.05) is 11.9 Å². The van der Waals surface area contributed by atoms with Crippen LogP contribution >= 0.6 is 0 Å². The van der Waals surface area contributed by atoms with Gasteiger partial charge in [-0.25, -0.2) is 4.68 Å². The summed E-state index contributed by atoms with van der Waals surface area (Å²) in [5.74, 6) is 0.978. The summed E-state index contributed by atoms with van der Waals surface area (Å²) in [6.07, 6.45) is 2.90. The van der Waals surface area contributed by atoms with Gasteiger partial charge in [-0.15, -0.1) is 5.10 Å². The van der Waals surface area contributed by atoms with E-state index in [1.165, 1.54) is 0 Å². The maximum absolute atomic E-state index is 3.89. The van der Waals surface area contributed by atoms with Crippen molar-refractivity contribution in [2.24, 2.45) is 7.05 Å². The third-order valence-electron chi connectivity index (χ3n) is 2.92. The number of nitrogens with one attached hydrogen (secondary N) is 2. The van der Waals surface area contributed by atoms with Crippen LogP contribution in [0.3, 0.4) is 0 Å². The number of anilines is 1. The van der Waals surface area contributed by atoms with E-state index in [1.54, 1.807) is 10.9 Å². The van der Waals surface area contributed by atoms with E-state index in [2.05, 4.69) is 34.8 Å². The molecule has 1 aliphatic heterocycles. The monoisotopic (exact) mass is 195 g/mol. The zero-order chi connectivity index (χ0) is 10.2. The number of hydrogen-bond donors (Lipinski definition) is 2. The highest BCUT2D eigenvalue weighted by atomic mass is 15.4. The molecular formula is C9H17N5. The van der Waals surface area contributed by atoms with Crippen LogP contribution in [0.2, 0.25) is 0 Å². The standard InChI is InChI=1S/C9H17N5/c1-9(2)7(4-5-10-9)12-8-6-11-13-14(8)3/h6-7,10,12H,4-5H2,1-3H3. The second kappa shape index (κ2) is 3.24. The van der Waals surface area contributed by atoms with Crippen LogP contribution < -0.4 is 10.6 Å². The first-order chi connectivity index (χ1) is 6.59. The second-order valence-corrected chi connectivity index (χ2v) is 4.38. The first kappa shape index (κ1) is 9.45. The Labute approximate surface area is 83.9 Å². The van der Waals surface area contributed by atoms with Crippen molar-refractivity contribution in [1.82, 2.24) is 20.3 Å². The van der Waals surface area contributed by atoms with Crippen LogP contribution in [0.15, 0.2) is 6.20 Å². The molecule has 78 valence electrons. The molecular weight excluding hydrogens is 178 g/mol. The molecule has 0 saturated carbocycles. The maximum Gasteiger partial charge on any atom is 0.144 e. The number of aryl methyl sites for hydroxylation is 1. The Morgan fingerprint density at radius 3 is 2.93 bits per heavy atom. The van der Waals surface area contributed by atoms with E-state index < -0.39 is 0 Å². The molecule has 1 fully saturated rings. The van der Waals surface area contributed by atoms with Gasteiger partial charge in [-0.05, 0) is 26.8 Å². The van der Waals surface area contributed by atoms with Crippen molar-refractivity contribution in [1.29, 1.82) is 0 Å².